The number of ether oxygens (including phenoxy) is 1. The van der Waals surface area contributed by atoms with Crippen LogP contribution in [0.3, 0.4) is 0 Å². The number of hydrogen-bond acceptors (Lipinski definition) is 4. The van der Waals surface area contributed by atoms with Crippen molar-refractivity contribution in [1.29, 1.82) is 0 Å². The first-order valence-corrected chi connectivity index (χ1v) is 10.3. The monoisotopic (exact) mass is 490 g/mol. The standard InChI is InChI=1S/C24H22F4N4O3/c1-23(26,24(2,27)28)14-5-4-6-15(11-14)31-22(34)32-19-8-7-16(12-18(19)25)35-17-9-10-30-20(13-17)21(33)29-3/h4-13H,1-3H3,(H,29,33)(H2,31,32,34). The van der Waals surface area contributed by atoms with E-state index in [9.17, 15) is 27.2 Å². The molecule has 1 aromatic heterocycles. The molecule has 0 spiro atoms. The first-order chi connectivity index (χ1) is 16.4. The van der Waals surface area contributed by atoms with Crippen LogP contribution in [0.15, 0.2) is 60.8 Å². The molecule has 0 fully saturated rings. The van der Waals surface area contributed by atoms with Crippen LogP contribution in [0.1, 0.15) is 29.9 Å². The smallest absolute Gasteiger partial charge is 0.323 e. The number of hydrogen-bond donors (Lipinski definition) is 3. The van der Waals surface area contributed by atoms with Crippen LogP contribution in [0, 0.1) is 5.82 Å². The second-order valence-corrected chi connectivity index (χ2v) is 7.75. The van der Waals surface area contributed by atoms with Gasteiger partial charge in [0.1, 0.15) is 23.0 Å². The molecule has 0 aliphatic carbocycles. The van der Waals surface area contributed by atoms with Crippen molar-refractivity contribution < 1.29 is 31.9 Å². The van der Waals surface area contributed by atoms with E-state index < -0.39 is 29.3 Å². The zero-order valence-corrected chi connectivity index (χ0v) is 19.0. The summed E-state index contributed by atoms with van der Waals surface area (Å²) in [4.78, 5) is 27.9. The molecule has 35 heavy (non-hydrogen) atoms. The van der Waals surface area contributed by atoms with Crippen molar-refractivity contribution in [3.05, 3.63) is 77.9 Å². The summed E-state index contributed by atoms with van der Waals surface area (Å²) in [5.74, 6) is -4.56. The van der Waals surface area contributed by atoms with Crippen LogP contribution in [0.25, 0.3) is 0 Å². The van der Waals surface area contributed by atoms with E-state index in [1.165, 1.54) is 55.7 Å². The first-order valence-electron chi connectivity index (χ1n) is 10.3. The number of alkyl halides is 3. The fourth-order valence-corrected chi connectivity index (χ4v) is 2.95. The third kappa shape index (κ3) is 6.05. The van der Waals surface area contributed by atoms with Gasteiger partial charge in [-0.05, 0) is 42.8 Å². The van der Waals surface area contributed by atoms with Gasteiger partial charge in [-0.2, -0.15) is 0 Å². The van der Waals surface area contributed by atoms with Crippen LogP contribution in [0.5, 0.6) is 11.5 Å². The number of nitrogens with one attached hydrogen (secondary N) is 3. The average molecular weight is 490 g/mol. The molecular weight excluding hydrogens is 468 g/mol. The van der Waals surface area contributed by atoms with E-state index >= 15 is 0 Å². The van der Waals surface area contributed by atoms with E-state index in [-0.39, 0.29) is 34.1 Å². The number of carbonyl (C=O) groups is 2. The molecule has 1 unspecified atom stereocenters. The summed E-state index contributed by atoms with van der Waals surface area (Å²) in [6.07, 6.45) is 1.36. The van der Waals surface area contributed by atoms with Gasteiger partial charge in [0, 0.05) is 38.0 Å². The van der Waals surface area contributed by atoms with Gasteiger partial charge in [0.2, 0.25) is 0 Å². The van der Waals surface area contributed by atoms with Crippen LogP contribution in [-0.2, 0) is 5.67 Å². The number of pyridine rings is 1. The molecule has 11 heteroatoms. The second-order valence-electron chi connectivity index (χ2n) is 7.75. The van der Waals surface area contributed by atoms with E-state index in [4.69, 9.17) is 4.74 Å². The van der Waals surface area contributed by atoms with Gasteiger partial charge in [-0.15, -0.1) is 0 Å². The summed E-state index contributed by atoms with van der Waals surface area (Å²) in [7, 11) is 1.45. The summed E-state index contributed by atoms with van der Waals surface area (Å²) >= 11 is 0. The minimum Gasteiger partial charge on any atom is -0.457 e. The molecular formula is C24H22F4N4O3. The largest absolute Gasteiger partial charge is 0.457 e. The molecule has 0 saturated carbocycles. The highest BCUT2D eigenvalue weighted by Gasteiger charge is 2.48. The summed E-state index contributed by atoms with van der Waals surface area (Å²) in [5, 5.41) is 7.06. The van der Waals surface area contributed by atoms with Crippen molar-refractivity contribution in [1.82, 2.24) is 10.3 Å². The highest BCUT2D eigenvalue weighted by Crippen LogP contribution is 2.41. The van der Waals surface area contributed by atoms with Gasteiger partial charge >= 0.3 is 6.03 Å². The number of rotatable bonds is 7. The predicted octanol–water partition coefficient (Wildman–Crippen LogP) is 5.86. The van der Waals surface area contributed by atoms with E-state index in [0.717, 1.165) is 19.1 Å². The maximum Gasteiger partial charge on any atom is 0.323 e. The van der Waals surface area contributed by atoms with Crippen molar-refractivity contribution in [3.63, 3.8) is 0 Å². The third-order valence-corrected chi connectivity index (χ3v) is 5.10. The molecule has 7 nitrogen and oxygen atoms in total. The Kier molecular flexibility index (Phi) is 7.28. The Morgan fingerprint density at radius 1 is 0.943 bits per heavy atom. The number of halogens is 4. The van der Waals surface area contributed by atoms with Gasteiger partial charge in [-0.25, -0.2) is 22.4 Å². The van der Waals surface area contributed by atoms with Crippen molar-refractivity contribution in [2.75, 3.05) is 17.7 Å². The molecule has 2 aromatic carbocycles. The lowest BCUT2D eigenvalue weighted by Crippen LogP contribution is -2.36. The molecule has 0 aliphatic heterocycles. The van der Waals surface area contributed by atoms with Gasteiger partial charge in [0.25, 0.3) is 11.8 Å². The quantitative estimate of drug-likeness (QED) is 0.362. The van der Waals surface area contributed by atoms with Crippen LogP contribution in [0.2, 0.25) is 0 Å². The summed E-state index contributed by atoms with van der Waals surface area (Å²) < 4.78 is 61.8. The lowest BCUT2D eigenvalue weighted by Gasteiger charge is -2.27. The topological polar surface area (TPSA) is 92.4 Å². The molecule has 0 radical (unpaired) electrons. The Bertz CT molecular complexity index is 1250. The molecule has 3 rings (SSSR count). The third-order valence-electron chi connectivity index (χ3n) is 5.10. The summed E-state index contributed by atoms with van der Waals surface area (Å²) in [6.45, 7) is 1.21. The van der Waals surface area contributed by atoms with E-state index in [0.29, 0.717) is 6.92 Å². The number of benzene rings is 2. The zero-order chi connectivity index (χ0) is 25.8. The zero-order valence-electron chi connectivity index (χ0n) is 19.0. The molecule has 184 valence electrons. The maximum atomic E-state index is 14.6. The van der Waals surface area contributed by atoms with Crippen LogP contribution >= 0.6 is 0 Å². The van der Waals surface area contributed by atoms with Gasteiger partial charge in [0.05, 0.1) is 5.69 Å². The van der Waals surface area contributed by atoms with Gasteiger partial charge < -0.3 is 20.7 Å². The number of carbonyl (C=O) groups excluding carboxylic acids is 2. The van der Waals surface area contributed by atoms with Gasteiger partial charge in [-0.3, -0.25) is 9.78 Å². The molecule has 1 atom stereocenters. The van der Waals surface area contributed by atoms with Gasteiger partial charge in [0.15, 0.2) is 5.67 Å². The molecule has 3 aromatic rings. The minimum atomic E-state index is -3.65. The number of amides is 3. The Morgan fingerprint density at radius 3 is 2.31 bits per heavy atom. The normalized spacial score (nSPS) is 12.9. The second kappa shape index (κ2) is 10.00. The Labute approximate surface area is 198 Å². The van der Waals surface area contributed by atoms with Crippen molar-refractivity contribution in [3.8, 4) is 11.5 Å². The predicted molar refractivity (Wildman–Crippen MR) is 122 cm³/mol. The maximum absolute atomic E-state index is 14.6. The fourth-order valence-electron chi connectivity index (χ4n) is 2.95. The summed E-state index contributed by atoms with van der Waals surface area (Å²) in [5.41, 5.74) is -3.33. The Morgan fingerprint density at radius 2 is 1.66 bits per heavy atom. The van der Waals surface area contributed by atoms with Gasteiger partial charge in [-0.1, -0.05) is 12.1 Å². The molecule has 1 heterocycles. The molecule has 0 aliphatic rings. The number of nitrogens with zero attached hydrogens (tertiary/aromatic N) is 1. The van der Waals surface area contributed by atoms with E-state index in [1.54, 1.807) is 0 Å². The number of aromatic nitrogens is 1. The summed E-state index contributed by atoms with van der Waals surface area (Å²) in [6, 6.07) is 10.6. The first kappa shape index (κ1) is 25.5. The Balaban J connectivity index is 1.68. The fraction of sp³-hybridized carbons (Fsp3) is 0.208. The SMILES string of the molecule is CNC(=O)c1cc(Oc2ccc(NC(=O)Nc3cccc(C(C)(F)C(C)(F)F)c3)c(F)c2)ccn1. The molecule has 0 bridgehead atoms. The highest BCUT2D eigenvalue weighted by molar-refractivity contribution is 6.00. The van der Waals surface area contributed by atoms with Crippen molar-refractivity contribution in [2.24, 2.45) is 0 Å². The number of urea groups is 1. The minimum absolute atomic E-state index is 0.0399. The average Bonchev–Trinajstić information content (AvgIpc) is 2.80. The van der Waals surface area contributed by atoms with Crippen molar-refractivity contribution in [2.45, 2.75) is 25.4 Å². The lowest BCUT2D eigenvalue weighted by molar-refractivity contribution is -0.119. The number of anilines is 2. The van der Waals surface area contributed by atoms with Crippen LogP contribution in [-0.4, -0.2) is 29.9 Å². The van der Waals surface area contributed by atoms with E-state index in [2.05, 4.69) is 20.9 Å². The van der Waals surface area contributed by atoms with Crippen molar-refractivity contribution >= 4 is 23.3 Å². The molecule has 0 saturated heterocycles. The molecule has 3 N–H and O–H groups in total. The molecule has 3 amide bonds. The Hall–Kier alpha value is -4.15. The van der Waals surface area contributed by atoms with E-state index in [1.807, 2.05) is 0 Å². The lowest BCUT2D eigenvalue weighted by atomic mass is 9.92. The van der Waals surface area contributed by atoms with Crippen LogP contribution in [0.4, 0.5) is 33.7 Å². The highest BCUT2D eigenvalue weighted by atomic mass is 19.3. The van der Waals surface area contributed by atoms with Crippen LogP contribution < -0.4 is 20.7 Å².